The maximum atomic E-state index is 12.6. The van der Waals surface area contributed by atoms with Crippen LogP contribution in [0.4, 0.5) is 5.69 Å². The smallest absolute Gasteiger partial charge is 0.289 e. The summed E-state index contributed by atoms with van der Waals surface area (Å²) in [4.78, 5) is 19.7. The number of nitrogens with zero attached hydrogens (tertiary/aromatic N) is 3. The van der Waals surface area contributed by atoms with Crippen molar-refractivity contribution in [2.75, 3.05) is 44.2 Å². The number of hydrogen-bond donors (Lipinski definition) is 0. The first kappa shape index (κ1) is 19.1. The van der Waals surface area contributed by atoms with Gasteiger partial charge in [0.1, 0.15) is 0 Å². The van der Waals surface area contributed by atoms with E-state index in [0.717, 1.165) is 45.7 Å². The van der Waals surface area contributed by atoms with Gasteiger partial charge in [0, 0.05) is 51.0 Å². The number of aryl methyl sites for hydroxylation is 1. The van der Waals surface area contributed by atoms with Gasteiger partial charge in [-0.3, -0.25) is 9.69 Å². The predicted molar refractivity (Wildman–Crippen MR) is 112 cm³/mol. The summed E-state index contributed by atoms with van der Waals surface area (Å²) >= 11 is 0. The molecular formula is C23H31N3O2. The second kappa shape index (κ2) is 8.39. The molecule has 28 heavy (non-hydrogen) atoms. The lowest BCUT2D eigenvalue weighted by Crippen LogP contribution is -2.46. The van der Waals surface area contributed by atoms with Crippen molar-refractivity contribution in [2.45, 2.75) is 39.2 Å². The fourth-order valence-electron chi connectivity index (χ4n) is 4.61. The molecule has 0 bridgehead atoms. The van der Waals surface area contributed by atoms with E-state index >= 15 is 0 Å². The van der Waals surface area contributed by atoms with Crippen molar-refractivity contribution in [1.82, 2.24) is 9.80 Å². The number of piperidine rings is 1. The molecule has 1 aromatic heterocycles. The van der Waals surface area contributed by atoms with E-state index in [1.54, 1.807) is 18.4 Å². The molecule has 2 saturated heterocycles. The van der Waals surface area contributed by atoms with Crippen LogP contribution < -0.4 is 4.90 Å². The molecule has 4 rings (SSSR count). The van der Waals surface area contributed by atoms with Crippen LogP contribution in [-0.2, 0) is 0 Å². The van der Waals surface area contributed by atoms with Crippen LogP contribution in [-0.4, -0.2) is 61.0 Å². The molecule has 0 aliphatic carbocycles. The molecule has 150 valence electrons. The zero-order valence-electron chi connectivity index (χ0n) is 17.1. The second-order valence-corrected chi connectivity index (χ2v) is 8.10. The Morgan fingerprint density at radius 2 is 1.79 bits per heavy atom. The van der Waals surface area contributed by atoms with E-state index in [0.29, 0.717) is 11.8 Å². The van der Waals surface area contributed by atoms with E-state index in [4.69, 9.17) is 4.42 Å². The van der Waals surface area contributed by atoms with E-state index in [2.05, 4.69) is 41.8 Å². The fourth-order valence-corrected chi connectivity index (χ4v) is 4.61. The highest BCUT2D eigenvalue weighted by Crippen LogP contribution is 2.27. The number of hydrogen-bond acceptors (Lipinski definition) is 4. The van der Waals surface area contributed by atoms with E-state index < -0.39 is 0 Å². The maximum absolute atomic E-state index is 12.6. The van der Waals surface area contributed by atoms with Crippen molar-refractivity contribution >= 4 is 11.6 Å². The standard InChI is InChI=1S/C23H31N3O2/c1-18-6-3-7-21(19(18)2)25-13-9-20(10-14-25)24-11-5-12-26(16-15-24)23(27)22-8-4-17-28-22/h3-4,6-8,17,20H,5,9-16H2,1-2H3. The zero-order chi connectivity index (χ0) is 19.5. The summed E-state index contributed by atoms with van der Waals surface area (Å²) in [5, 5.41) is 0. The van der Waals surface area contributed by atoms with Crippen LogP contribution >= 0.6 is 0 Å². The highest BCUT2D eigenvalue weighted by Gasteiger charge is 2.28. The molecule has 0 N–H and O–H groups in total. The number of benzene rings is 1. The third-order valence-electron chi connectivity index (χ3n) is 6.45. The second-order valence-electron chi connectivity index (χ2n) is 8.10. The largest absolute Gasteiger partial charge is 0.459 e. The third-order valence-corrected chi connectivity index (χ3v) is 6.45. The molecule has 5 nitrogen and oxygen atoms in total. The molecule has 2 aliphatic heterocycles. The Morgan fingerprint density at radius 1 is 0.964 bits per heavy atom. The van der Waals surface area contributed by atoms with Crippen LogP contribution in [0.5, 0.6) is 0 Å². The SMILES string of the molecule is Cc1cccc(N2CCC(N3CCCN(C(=O)c4ccco4)CC3)CC2)c1C. The van der Waals surface area contributed by atoms with Crippen LogP contribution in [0.25, 0.3) is 0 Å². The van der Waals surface area contributed by atoms with Gasteiger partial charge in [-0.15, -0.1) is 0 Å². The minimum absolute atomic E-state index is 0.0246. The van der Waals surface area contributed by atoms with E-state index in [1.807, 2.05) is 4.90 Å². The molecule has 0 radical (unpaired) electrons. The van der Waals surface area contributed by atoms with Crippen molar-refractivity contribution in [1.29, 1.82) is 0 Å². The van der Waals surface area contributed by atoms with Crippen LogP contribution in [0, 0.1) is 13.8 Å². The molecule has 5 heteroatoms. The molecule has 3 heterocycles. The summed E-state index contributed by atoms with van der Waals surface area (Å²) in [6.07, 6.45) is 4.99. The number of anilines is 1. The predicted octanol–water partition coefficient (Wildman–Crippen LogP) is 3.71. The Balaban J connectivity index is 1.33. The highest BCUT2D eigenvalue weighted by molar-refractivity contribution is 5.91. The Labute approximate surface area is 167 Å². The molecular weight excluding hydrogens is 350 g/mol. The van der Waals surface area contributed by atoms with Gasteiger partial charge in [0.2, 0.25) is 0 Å². The van der Waals surface area contributed by atoms with Gasteiger partial charge in [0.15, 0.2) is 5.76 Å². The number of rotatable bonds is 3. The maximum Gasteiger partial charge on any atom is 0.289 e. The van der Waals surface area contributed by atoms with Crippen molar-refractivity contribution in [3.8, 4) is 0 Å². The van der Waals surface area contributed by atoms with Gasteiger partial charge < -0.3 is 14.2 Å². The summed E-state index contributed by atoms with van der Waals surface area (Å²) in [5.74, 6) is 0.479. The molecule has 0 unspecified atom stereocenters. The summed E-state index contributed by atoms with van der Waals surface area (Å²) in [6, 6.07) is 10.8. The van der Waals surface area contributed by atoms with Crippen molar-refractivity contribution < 1.29 is 9.21 Å². The van der Waals surface area contributed by atoms with Crippen LogP contribution in [0.3, 0.4) is 0 Å². The lowest BCUT2D eigenvalue weighted by atomic mass is 10.00. The molecule has 2 aromatic rings. The van der Waals surface area contributed by atoms with Crippen molar-refractivity contribution in [2.24, 2.45) is 0 Å². The molecule has 0 saturated carbocycles. The van der Waals surface area contributed by atoms with Crippen molar-refractivity contribution in [3.63, 3.8) is 0 Å². The summed E-state index contributed by atoms with van der Waals surface area (Å²) in [7, 11) is 0. The topological polar surface area (TPSA) is 39.9 Å². The summed E-state index contributed by atoms with van der Waals surface area (Å²) in [5.41, 5.74) is 4.17. The minimum atomic E-state index is 0.0246. The van der Waals surface area contributed by atoms with Crippen LogP contribution in [0.15, 0.2) is 41.0 Å². The van der Waals surface area contributed by atoms with Gasteiger partial charge >= 0.3 is 0 Å². The van der Waals surface area contributed by atoms with Gasteiger partial charge in [0.25, 0.3) is 5.91 Å². The number of amides is 1. The van der Waals surface area contributed by atoms with Crippen molar-refractivity contribution in [3.05, 3.63) is 53.5 Å². The molecule has 2 fully saturated rings. The lowest BCUT2D eigenvalue weighted by Gasteiger charge is -2.39. The van der Waals surface area contributed by atoms with E-state index in [1.165, 1.54) is 29.7 Å². The van der Waals surface area contributed by atoms with Crippen LogP contribution in [0.1, 0.15) is 40.9 Å². The minimum Gasteiger partial charge on any atom is -0.459 e. The van der Waals surface area contributed by atoms with Gasteiger partial charge in [0.05, 0.1) is 6.26 Å². The average molecular weight is 382 g/mol. The molecule has 1 amide bonds. The monoisotopic (exact) mass is 381 g/mol. The Bertz CT molecular complexity index is 794. The Morgan fingerprint density at radius 3 is 2.54 bits per heavy atom. The normalized spacial score (nSPS) is 19.6. The average Bonchev–Trinajstić information content (AvgIpc) is 3.14. The Hall–Kier alpha value is -2.27. The molecule has 2 aliphatic rings. The van der Waals surface area contributed by atoms with Gasteiger partial charge in [-0.1, -0.05) is 12.1 Å². The fraction of sp³-hybridized carbons (Fsp3) is 0.522. The first-order chi connectivity index (χ1) is 13.6. The molecule has 1 aromatic carbocycles. The van der Waals surface area contributed by atoms with Crippen LogP contribution in [0.2, 0.25) is 0 Å². The lowest BCUT2D eigenvalue weighted by molar-refractivity contribution is 0.0724. The van der Waals surface area contributed by atoms with E-state index in [9.17, 15) is 4.79 Å². The Kier molecular flexibility index (Phi) is 5.72. The quantitative estimate of drug-likeness (QED) is 0.813. The highest BCUT2D eigenvalue weighted by atomic mass is 16.3. The molecule has 0 atom stereocenters. The van der Waals surface area contributed by atoms with Gasteiger partial charge in [-0.05, 0) is 62.4 Å². The zero-order valence-corrected chi connectivity index (χ0v) is 17.1. The van der Waals surface area contributed by atoms with E-state index in [-0.39, 0.29) is 5.91 Å². The van der Waals surface area contributed by atoms with Gasteiger partial charge in [-0.2, -0.15) is 0 Å². The third kappa shape index (κ3) is 3.95. The number of carbonyl (C=O) groups excluding carboxylic acids is 1. The molecule has 0 spiro atoms. The number of carbonyl (C=O) groups is 1. The van der Waals surface area contributed by atoms with Gasteiger partial charge in [-0.25, -0.2) is 0 Å². The first-order valence-corrected chi connectivity index (χ1v) is 10.5. The first-order valence-electron chi connectivity index (χ1n) is 10.5. The number of furan rings is 1. The summed E-state index contributed by atoms with van der Waals surface area (Å²) < 4.78 is 5.29. The summed E-state index contributed by atoms with van der Waals surface area (Å²) in [6.45, 7) is 10.3.